The first-order valence-electron chi connectivity index (χ1n) is 9.10. The van der Waals surface area contributed by atoms with E-state index in [9.17, 15) is 18.0 Å². The van der Waals surface area contributed by atoms with Crippen LogP contribution in [0.15, 0.2) is 30.3 Å². The van der Waals surface area contributed by atoms with Crippen LogP contribution in [0.1, 0.15) is 38.7 Å². The van der Waals surface area contributed by atoms with Crippen molar-refractivity contribution in [3.05, 3.63) is 35.9 Å². The van der Waals surface area contributed by atoms with Crippen LogP contribution in [-0.4, -0.2) is 48.7 Å². The molecule has 1 heterocycles. The molecule has 1 aliphatic heterocycles. The summed E-state index contributed by atoms with van der Waals surface area (Å²) in [5.41, 5.74) is -0.00145. The van der Waals surface area contributed by atoms with Gasteiger partial charge in [-0.2, -0.15) is 0 Å². The Morgan fingerprint density at radius 1 is 1.23 bits per heavy atom. The molecule has 1 saturated heterocycles. The zero-order valence-corrected chi connectivity index (χ0v) is 16.1. The van der Waals surface area contributed by atoms with Crippen LogP contribution in [0.3, 0.4) is 0 Å². The summed E-state index contributed by atoms with van der Waals surface area (Å²) >= 11 is 0. The molecule has 1 aromatic carbocycles. The molecule has 1 unspecified atom stereocenters. The van der Waals surface area contributed by atoms with Crippen LogP contribution in [0.5, 0.6) is 0 Å². The van der Waals surface area contributed by atoms with E-state index >= 15 is 0 Å². The molecule has 1 aliphatic carbocycles. The van der Waals surface area contributed by atoms with Crippen molar-refractivity contribution in [2.75, 3.05) is 11.5 Å². The van der Waals surface area contributed by atoms with E-state index in [0.29, 0.717) is 25.8 Å². The van der Waals surface area contributed by atoms with Crippen molar-refractivity contribution in [2.24, 2.45) is 5.41 Å². The molecule has 6 nitrogen and oxygen atoms in total. The fourth-order valence-electron chi connectivity index (χ4n) is 3.44. The number of amides is 2. The molecule has 0 bridgehead atoms. The Morgan fingerprint density at radius 3 is 2.38 bits per heavy atom. The maximum absolute atomic E-state index is 13.2. The number of rotatable bonds is 6. The lowest BCUT2D eigenvalue weighted by atomic mass is 10.0. The lowest BCUT2D eigenvalue weighted by Gasteiger charge is -2.31. The number of carbonyl (C=O) groups is 2. The van der Waals surface area contributed by atoms with Gasteiger partial charge in [-0.25, -0.2) is 8.42 Å². The Labute approximate surface area is 154 Å². The average molecular weight is 378 g/mol. The molecule has 2 fully saturated rings. The number of hydrogen-bond acceptors (Lipinski definition) is 4. The molecule has 2 aliphatic rings. The maximum Gasteiger partial charge on any atom is 0.238 e. The van der Waals surface area contributed by atoms with Crippen molar-refractivity contribution in [1.29, 1.82) is 0 Å². The summed E-state index contributed by atoms with van der Waals surface area (Å²) in [6.45, 7) is 4.35. The number of carbonyl (C=O) groups excluding carboxylic acids is 2. The van der Waals surface area contributed by atoms with Crippen LogP contribution in [0.4, 0.5) is 0 Å². The molecule has 7 heteroatoms. The van der Waals surface area contributed by atoms with Gasteiger partial charge in [0, 0.05) is 18.6 Å². The van der Waals surface area contributed by atoms with Gasteiger partial charge in [0.1, 0.15) is 5.41 Å². The highest BCUT2D eigenvalue weighted by Crippen LogP contribution is 2.48. The van der Waals surface area contributed by atoms with Gasteiger partial charge < -0.3 is 10.2 Å². The molecular weight excluding hydrogens is 352 g/mol. The second-order valence-corrected chi connectivity index (χ2v) is 9.90. The van der Waals surface area contributed by atoms with Gasteiger partial charge in [0.15, 0.2) is 9.84 Å². The molecule has 0 radical (unpaired) electrons. The zero-order chi connectivity index (χ0) is 18.9. The van der Waals surface area contributed by atoms with E-state index in [4.69, 9.17) is 0 Å². The Hall–Kier alpha value is -1.89. The largest absolute Gasteiger partial charge is 0.351 e. The van der Waals surface area contributed by atoms with Gasteiger partial charge in [0.25, 0.3) is 0 Å². The summed E-state index contributed by atoms with van der Waals surface area (Å²) in [4.78, 5) is 27.7. The van der Waals surface area contributed by atoms with Gasteiger partial charge in [-0.3, -0.25) is 9.59 Å². The lowest BCUT2D eigenvalue weighted by molar-refractivity contribution is -0.146. The van der Waals surface area contributed by atoms with Crippen molar-refractivity contribution < 1.29 is 18.0 Å². The molecule has 1 saturated carbocycles. The SMILES string of the molecule is CC(C)N(Cc1ccccc1)C(=O)C1(C(=O)NC2CCS(=O)(=O)C2)CC1. The van der Waals surface area contributed by atoms with Crippen LogP contribution in [0.25, 0.3) is 0 Å². The van der Waals surface area contributed by atoms with E-state index in [1.807, 2.05) is 44.2 Å². The number of sulfone groups is 1. The van der Waals surface area contributed by atoms with Gasteiger partial charge in [-0.15, -0.1) is 0 Å². The minimum Gasteiger partial charge on any atom is -0.351 e. The maximum atomic E-state index is 13.2. The predicted octanol–water partition coefficient (Wildman–Crippen LogP) is 1.51. The topological polar surface area (TPSA) is 83.6 Å². The van der Waals surface area contributed by atoms with Crippen molar-refractivity contribution >= 4 is 21.7 Å². The van der Waals surface area contributed by atoms with Gasteiger partial charge in [-0.05, 0) is 38.7 Å². The van der Waals surface area contributed by atoms with Crippen molar-refractivity contribution in [3.63, 3.8) is 0 Å². The fraction of sp³-hybridized carbons (Fsp3) is 0.579. The van der Waals surface area contributed by atoms with E-state index in [-0.39, 0.29) is 35.4 Å². The first kappa shape index (κ1) is 18.9. The molecule has 1 aromatic rings. The summed E-state index contributed by atoms with van der Waals surface area (Å²) in [6, 6.07) is 9.31. The van der Waals surface area contributed by atoms with Gasteiger partial charge in [-0.1, -0.05) is 30.3 Å². The van der Waals surface area contributed by atoms with Crippen molar-refractivity contribution in [2.45, 2.75) is 51.7 Å². The number of hydrogen-bond donors (Lipinski definition) is 1. The molecule has 3 rings (SSSR count). The van der Waals surface area contributed by atoms with Gasteiger partial charge >= 0.3 is 0 Å². The lowest BCUT2D eigenvalue weighted by Crippen LogP contribution is -2.49. The smallest absolute Gasteiger partial charge is 0.238 e. The fourth-order valence-corrected chi connectivity index (χ4v) is 5.11. The van der Waals surface area contributed by atoms with E-state index < -0.39 is 15.3 Å². The molecule has 142 valence electrons. The average Bonchev–Trinajstić information content (AvgIpc) is 3.33. The second kappa shape index (κ2) is 7.02. The van der Waals surface area contributed by atoms with E-state index in [1.165, 1.54) is 0 Å². The molecule has 0 spiro atoms. The van der Waals surface area contributed by atoms with Crippen molar-refractivity contribution in [3.8, 4) is 0 Å². The summed E-state index contributed by atoms with van der Waals surface area (Å²) < 4.78 is 23.2. The van der Waals surface area contributed by atoms with Crippen molar-refractivity contribution in [1.82, 2.24) is 10.2 Å². The first-order chi connectivity index (χ1) is 12.2. The molecule has 2 amide bonds. The van der Waals surface area contributed by atoms with Crippen LogP contribution in [-0.2, 0) is 26.0 Å². The highest BCUT2D eigenvalue weighted by atomic mass is 32.2. The normalized spacial score (nSPS) is 22.8. The minimum absolute atomic E-state index is 0.0269. The molecule has 26 heavy (non-hydrogen) atoms. The van der Waals surface area contributed by atoms with E-state index in [0.717, 1.165) is 5.56 Å². The van der Waals surface area contributed by atoms with Crippen LogP contribution in [0, 0.1) is 5.41 Å². The standard InChI is InChI=1S/C19H26N2O4S/c1-14(2)21(12-15-6-4-3-5-7-15)18(23)19(9-10-19)17(22)20-16-8-11-26(24,25)13-16/h3-7,14,16H,8-13H2,1-2H3,(H,20,22). The summed E-state index contributed by atoms with van der Waals surface area (Å²) in [5, 5.41) is 2.81. The third kappa shape index (κ3) is 3.92. The summed E-state index contributed by atoms with van der Waals surface area (Å²) in [5.74, 6) is -0.399. The predicted molar refractivity (Wildman–Crippen MR) is 99.0 cm³/mol. The third-order valence-electron chi connectivity index (χ3n) is 5.24. The van der Waals surface area contributed by atoms with Gasteiger partial charge in [0.05, 0.1) is 11.5 Å². The Morgan fingerprint density at radius 2 is 1.88 bits per heavy atom. The highest BCUT2D eigenvalue weighted by molar-refractivity contribution is 7.91. The van der Waals surface area contributed by atoms with Crippen LogP contribution >= 0.6 is 0 Å². The van der Waals surface area contributed by atoms with Crippen LogP contribution < -0.4 is 5.32 Å². The Kier molecular flexibility index (Phi) is 5.10. The van der Waals surface area contributed by atoms with Gasteiger partial charge in [0.2, 0.25) is 11.8 Å². The number of nitrogens with one attached hydrogen (secondary N) is 1. The Bertz CT molecular complexity index is 785. The monoisotopic (exact) mass is 378 g/mol. The molecule has 1 N–H and O–H groups in total. The summed E-state index contributed by atoms with van der Waals surface area (Å²) in [6.07, 6.45) is 1.47. The molecule has 1 atom stereocenters. The van der Waals surface area contributed by atoms with E-state index in [1.54, 1.807) is 4.90 Å². The number of nitrogens with zero attached hydrogens (tertiary/aromatic N) is 1. The quantitative estimate of drug-likeness (QED) is 0.761. The van der Waals surface area contributed by atoms with E-state index in [2.05, 4.69) is 5.32 Å². The molecule has 0 aromatic heterocycles. The number of benzene rings is 1. The van der Waals surface area contributed by atoms with Crippen LogP contribution in [0.2, 0.25) is 0 Å². The summed E-state index contributed by atoms with van der Waals surface area (Å²) in [7, 11) is -3.07. The highest BCUT2D eigenvalue weighted by Gasteiger charge is 2.58. The Balaban J connectivity index is 1.70. The second-order valence-electron chi connectivity index (χ2n) is 7.67. The zero-order valence-electron chi connectivity index (χ0n) is 15.3. The third-order valence-corrected chi connectivity index (χ3v) is 7.01. The first-order valence-corrected chi connectivity index (χ1v) is 10.9. The molecular formula is C19H26N2O4S. The minimum atomic E-state index is -3.07.